The van der Waals surface area contributed by atoms with E-state index in [0.29, 0.717) is 0 Å². The Bertz CT molecular complexity index is 189. The molecule has 1 heterocycles. The molecule has 1 amide bonds. The van der Waals surface area contributed by atoms with Crippen molar-refractivity contribution in [1.82, 2.24) is 16.1 Å². The summed E-state index contributed by atoms with van der Waals surface area (Å²) in [6, 6.07) is 0.174. The lowest BCUT2D eigenvalue weighted by molar-refractivity contribution is 0.119. The van der Waals surface area contributed by atoms with Crippen molar-refractivity contribution >= 4 is 12.4 Å². The first kappa shape index (κ1) is 9.79. The molecule has 1 atom stereocenters. The van der Waals surface area contributed by atoms with Gasteiger partial charge in [-0.1, -0.05) is 0 Å². The number of hydroxylamine groups is 1. The number of aliphatic imine (C=N–C) groups is 1. The van der Waals surface area contributed by atoms with Crippen LogP contribution in [0.4, 0.5) is 4.79 Å². The lowest BCUT2D eigenvalue weighted by Gasteiger charge is -2.09. The Morgan fingerprint density at radius 2 is 2.62 bits per heavy atom. The second kappa shape index (κ2) is 5.36. The van der Waals surface area contributed by atoms with E-state index in [1.807, 2.05) is 0 Å². The molecule has 0 radical (unpaired) electrons. The predicted octanol–water partition coefficient (Wildman–Crippen LogP) is -0.763. The van der Waals surface area contributed by atoms with Crippen molar-refractivity contribution in [3.63, 3.8) is 0 Å². The fraction of sp³-hybridized carbons (Fsp3) is 0.714. The Hall–Kier alpha value is -1.30. The normalized spacial score (nSPS) is 21.8. The van der Waals surface area contributed by atoms with E-state index in [-0.39, 0.29) is 6.04 Å². The molecule has 1 fully saturated rings. The first-order valence-electron chi connectivity index (χ1n) is 4.17. The highest BCUT2D eigenvalue weighted by Gasteiger charge is 2.16. The van der Waals surface area contributed by atoms with E-state index in [2.05, 4.69) is 25.9 Å². The zero-order valence-electron chi connectivity index (χ0n) is 7.54. The van der Waals surface area contributed by atoms with E-state index in [9.17, 15) is 4.79 Å². The molecular formula is C7H14N4O2. The molecule has 0 aromatic heterocycles. The molecule has 0 saturated carbocycles. The Kier molecular flexibility index (Phi) is 4.04. The maximum Gasteiger partial charge on any atom is 0.431 e. The van der Waals surface area contributed by atoms with Crippen molar-refractivity contribution in [2.45, 2.75) is 12.5 Å². The van der Waals surface area contributed by atoms with Gasteiger partial charge >= 0.3 is 6.09 Å². The summed E-state index contributed by atoms with van der Waals surface area (Å²) in [4.78, 5) is 19.1. The fourth-order valence-corrected chi connectivity index (χ4v) is 1.11. The van der Waals surface area contributed by atoms with Crippen molar-refractivity contribution in [3.8, 4) is 0 Å². The van der Waals surface area contributed by atoms with Crippen LogP contribution in [0.25, 0.3) is 0 Å². The average molecular weight is 186 g/mol. The second-order valence-corrected chi connectivity index (χ2v) is 2.73. The average Bonchev–Trinajstić information content (AvgIpc) is 2.57. The zero-order chi connectivity index (χ0) is 9.52. The van der Waals surface area contributed by atoms with Crippen molar-refractivity contribution in [3.05, 3.63) is 0 Å². The number of amides is 1. The van der Waals surface area contributed by atoms with Crippen LogP contribution < -0.4 is 16.1 Å². The van der Waals surface area contributed by atoms with Crippen LogP contribution >= 0.6 is 0 Å². The van der Waals surface area contributed by atoms with Gasteiger partial charge in [0.25, 0.3) is 0 Å². The van der Waals surface area contributed by atoms with Gasteiger partial charge in [0.1, 0.15) is 6.34 Å². The summed E-state index contributed by atoms with van der Waals surface area (Å²) < 4.78 is 0. The molecule has 1 saturated heterocycles. The molecule has 0 aromatic rings. The third-order valence-electron chi connectivity index (χ3n) is 1.72. The number of hydrogen-bond donors (Lipinski definition) is 3. The molecule has 13 heavy (non-hydrogen) atoms. The lowest BCUT2D eigenvalue weighted by Crippen LogP contribution is -2.38. The Morgan fingerprint density at radius 1 is 1.77 bits per heavy atom. The first-order valence-corrected chi connectivity index (χ1v) is 4.17. The van der Waals surface area contributed by atoms with E-state index in [0.717, 1.165) is 19.5 Å². The smallest absolute Gasteiger partial charge is 0.323 e. The van der Waals surface area contributed by atoms with E-state index >= 15 is 0 Å². The van der Waals surface area contributed by atoms with E-state index in [1.54, 1.807) is 7.05 Å². The summed E-state index contributed by atoms with van der Waals surface area (Å²) in [5.41, 5.74) is 2.28. The third-order valence-corrected chi connectivity index (χ3v) is 1.72. The van der Waals surface area contributed by atoms with Crippen LogP contribution in [0.2, 0.25) is 0 Å². The number of carbonyl (C=O) groups is 1. The highest BCUT2D eigenvalue weighted by molar-refractivity contribution is 5.69. The Labute approximate surface area is 76.7 Å². The van der Waals surface area contributed by atoms with Gasteiger partial charge in [0.15, 0.2) is 0 Å². The minimum absolute atomic E-state index is 0.174. The van der Waals surface area contributed by atoms with Gasteiger partial charge in [-0.3, -0.25) is 4.99 Å². The molecular weight excluding hydrogens is 172 g/mol. The van der Waals surface area contributed by atoms with Crippen LogP contribution in [-0.4, -0.2) is 38.6 Å². The molecule has 1 unspecified atom stereocenters. The maximum absolute atomic E-state index is 11.0. The van der Waals surface area contributed by atoms with Crippen LogP contribution in [-0.2, 0) is 4.84 Å². The molecule has 0 spiro atoms. The summed E-state index contributed by atoms with van der Waals surface area (Å²) in [6.07, 6.45) is 1.76. The highest BCUT2D eigenvalue weighted by Crippen LogP contribution is 1.96. The van der Waals surface area contributed by atoms with Crippen LogP contribution in [0, 0.1) is 0 Å². The highest BCUT2D eigenvalue weighted by atomic mass is 16.7. The van der Waals surface area contributed by atoms with E-state index < -0.39 is 6.09 Å². The predicted molar refractivity (Wildman–Crippen MR) is 48.4 cm³/mol. The largest absolute Gasteiger partial charge is 0.431 e. The number of carbonyl (C=O) groups excluding carboxylic acids is 1. The Balaban J connectivity index is 2.09. The quantitative estimate of drug-likeness (QED) is 0.307. The van der Waals surface area contributed by atoms with Gasteiger partial charge in [0.2, 0.25) is 0 Å². The van der Waals surface area contributed by atoms with Crippen molar-refractivity contribution in [2.75, 3.05) is 20.1 Å². The van der Waals surface area contributed by atoms with Gasteiger partial charge in [-0.05, 0) is 13.0 Å². The molecule has 0 bridgehead atoms. The van der Waals surface area contributed by atoms with Gasteiger partial charge in [-0.15, -0.1) is 0 Å². The van der Waals surface area contributed by atoms with Gasteiger partial charge in [0.05, 0.1) is 0 Å². The molecule has 0 aromatic carbocycles. The van der Waals surface area contributed by atoms with Crippen LogP contribution in [0.3, 0.4) is 0 Å². The van der Waals surface area contributed by atoms with Crippen LogP contribution in [0.15, 0.2) is 4.99 Å². The first-order chi connectivity index (χ1) is 6.33. The van der Waals surface area contributed by atoms with Crippen molar-refractivity contribution in [2.24, 2.45) is 4.99 Å². The second-order valence-electron chi connectivity index (χ2n) is 2.73. The fourth-order valence-electron chi connectivity index (χ4n) is 1.11. The van der Waals surface area contributed by atoms with Gasteiger partial charge in [-0.2, -0.15) is 0 Å². The van der Waals surface area contributed by atoms with Gasteiger partial charge in [0, 0.05) is 19.6 Å². The number of rotatable bonds is 3. The molecule has 3 N–H and O–H groups in total. The third kappa shape index (κ3) is 3.75. The van der Waals surface area contributed by atoms with E-state index in [4.69, 9.17) is 0 Å². The van der Waals surface area contributed by atoms with Gasteiger partial charge < -0.3 is 15.5 Å². The number of nitrogens with zero attached hydrogens (tertiary/aromatic N) is 1. The number of hydrogen-bond acceptors (Lipinski definition) is 4. The molecule has 1 aliphatic heterocycles. The maximum atomic E-state index is 11.0. The molecule has 74 valence electrons. The molecule has 6 heteroatoms. The SMILES string of the molecule is CN=CNOC(=O)NC1CCNC1. The monoisotopic (exact) mass is 186 g/mol. The summed E-state index contributed by atoms with van der Waals surface area (Å²) in [6.45, 7) is 1.74. The van der Waals surface area contributed by atoms with Crippen molar-refractivity contribution < 1.29 is 9.63 Å². The molecule has 6 nitrogen and oxygen atoms in total. The summed E-state index contributed by atoms with van der Waals surface area (Å²) in [5.74, 6) is 0. The molecule has 1 rings (SSSR count). The number of nitrogens with one attached hydrogen (secondary N) is 3. The van der Waals surface area contributed by atoms with Gasteiger partial charge in [-0.25, -0.2) is 10.3 Å². The summed E-state index contributed by atoms with van der Waals surface area (Å²) >= 11 is 0. The standard InChI is InChI=1S/C7H14N4O2/c1-8-5-10-13-7(12)11-6-2-3-9-4-6/h5-6,9H,2-4H2,1H3,(H,8,10)(H,11,12). The van der Waals surface area contributed by atoms with Crippen molar-refractivity contribution in [1.29, 1.82) is 0 Å². The van der Waals surface area contributed by atoms with Crippen LogP contribution in [0.1, 0.15) is 6.42 Å². The van der Waals surface area contributed by atoms with E-state index in [1.165, 1.54) is 6.34 Å². The Morgan fingerprint density at radius 3 is 3.23 bits per heavy atom. The van der Waals surface area contributed by atoms with Crippen LogP contribution in [0.5, 0.6) is 0 Å². The topological polar surface area (TPSA) is 74.8 Å². The molecule has 1 aliphatic rings. The minimum Gasteiger partial charge on any atom is -0.323 e. The molecule has 0 aliphatic carbocycles. The summed E-state index contributed by atoms with van der Waals surface area (Å²) in [7, 11) is 1.58. The minimum atomic E-state index is -0.478. The summed E-state index contributed by atoms with van der Waals surface area (Å²) in [5, 5.41) is 5.82. The lowest BCUT2D eigenvalue weighted by atomic mass is 10.3. The zero-order valence-corrected chi connectivity index (χ0v) is 7.54.